The molecule has 2 saturated carbocycles. The lowest BCUT2D eigenvalue weighted by molar-refractivity contribution is -0.182. The zero-order valence-corrected chi connectivity index (χ0v) is 16.1. The van der Waals surface area contributed by atoms with E-state index in [2.05, 4.69) is 20.4 Å². The smallest absolute Gasteiger partial charge is 0.170 e. The van der Waals surface area contributed by atoms with Crippen LogP contribution in [0.4, 0.5) is 0 Å². The maximum absolute atomic E-state index is 13.3. The number of allylic oxidation sites excluding steroid dienone is 1. The molecule has 2 aliphatic carbocycles. The zero-order valence-electron chi connectivity index (χ0n) is 16.1. The van der Waals surface area contributed by atoms with Crippen LogP contribution in [0.5, 0.6) is 0 Å². The number of ether oxygens (including phenoxy) is 1. The van der Waals surface area contributed by atoms with Crippen molar-refractivity contribution < 1.29 is 19.1 Å². The van der Waals surface area contributed by atoms with Crippen LogP contribution in [0.2, 0.25) is 0 Å². The molecule has 1 unspecified atom stereocenters. The Kier molecular flexibility index (Phi) is 4.24. The standard InChI is InChI=1S/C21H30O4/c1-11-9-16(12(2)22)20(5)8-7-15-14(4)25-17(13(3)23)10-21(15,6)19(20)18(11)24/h11,15-17,19H,4,7-10H2,1-3,5-6H3/t11?,15-,16-,17-,19-,20-,21-/m0/s1. The summed E-state index contributed by atoms with van der Waals surface area (Å²) in [6.07, 6.45) is 2.34. The molecule has 4 heteroatoms. The van der Waals surface area contributed by atoms with Gasteiger partial charge in [-0.15, -0.1) is 0 Å². The van der Waals surface area contributed by atoms with Gasteiger partial charge in [-0.1, -0.05) is 27.4 Å². The van der Waals surface area contributed by atoms with E-state index in [0.29, 0.717) is 18.6 Å². The van der Waals surface area contributed by atoms with E-state index in [1.54, 1.807) is 6.92 Å². The number of ketones is 3. The lowest BCUT2D eigenvalue weighted by Gasteiger charge is -2.62. The zero-order chi connectivity index (χ0) is 18.7. The van der Waals surface area contributed by atoms with Crippen molar-refractivity contribution in [3.05, 3.63) is 12.3 Å². The molecule has 0 amide bonds. The van der Waals surface area contributed by atoms with Gasteiger partial charge in [0.2, 0.25) is 0 Å². The van der Waals surface area contributed by atoms with Gasteiger partial charge in [-0.2, -0.15) is 0 Å². The Hall–Kier alpha value is -1.45. The first-order valence-electron chi connectivity index (χ1n) is 9.42. The van der Waals surface area contributed by atoms with Gasteiger partial charge in [0, 0.05) is 23.7 Å². The SMILES string of the molecule is C=C1O[C@H](C(C)=O)C[C@]2(C)[C@H]3C(=O)C(C)C[C@@H](C(C)=O)[C@]3(C)CC[C@@H]12. The Morgan fingerprint density at radius 2 is 1.80 bits per heavy atom. The Morgan fingerprint density at radius 3 is 2.36 bits per heavy atom. The van der Waals surface area contributed by atoms with E-state index in [-0.39, 0.29) is 51.9 Å². The fourth-order valence-electron chi connectivity index (χ4n) is 6.28. The number of hydrogen-bond acceptors (Lipinski definition) is 4. The van der Waals surface area contributed by atoms with Gasteiger partial charge in [0.1, 0.15) is 11.6 Å². The summed E-state index contributed by atoms with van der Waals surface area (Å²) in [6.45, 7) is 13.5. The van der Waals surface area contributed by atoms with E-state index in [0.717, 1.165) is 12.8 Å². The molecule has 1 aliphatic heterocycles. The number of carbonyl (C=O) groups is 3. The van der Waals surface area contributed by atoms with Crippen molar-refractivity contribution in [1.82, 2.24) is 0 Å². The first kappa shape index (κ1) is 18.3. The highest BCUT2D eigenvalue weighted by Crippen LogP contribution is 2.65. The predicted octanol–water partition coefficient (Wildman–Crippen LogP) is 3.73. The summed E-state index contributed by atoms with van der Waals surface area (Å²) in [5, 5.41) is 0. The molecule has 1 saturated heterocycles. The Labute approximate surface area is 150 Å². The molecular weight excluding hydrogens is 316 g/mol. The van der Waals surface area contributed by atoms with Crippen LogP contribution in [-0.4, -0.2) is 23.5 Å². The van der Waals surface area contributed by atoms with Crippen LogP contribution in [-0.2, 0) is 19.1 Å². The van der Waals surface area contributed by atoms with E-state index in [1.807, 2.05) is 6.92 Å². The highest BCUT2D eigenvalue weighted by atomic mass is 16.5. The quantitative estimate of drug-likeness (QED) is 0.764. The third-order valence-electron chi connectivity index (χ3n) is 7.49. The summed E-state index contributed by atoms with van der Waals surface area (Å²) in [4.78, 5) is 37.7. The van der Waals surface area contributed by atoms with Gasteiger partial charge in [0.15, 0.2) is 11.9 Å². The van der Waals surface area contributed by atoms with Gasteiger partial charge in [0.05, 0.1) is 5.76 Å². The molecule has 25 heavy (non-hydrogen) atoms. The summed E-state index contributed by atoms with van der Waals surface area (Å²) in [5.74, 6) is 0.701. The minimum Gasteiger partial charge on any atom is -0.487 e. The first-order valence-corrected chi connectivity index (χ1v) is 9.42. The van der Waals surface area contributed by atoms with Crippen LogP contribution in [0.25, 0.3) is 0 Å². The largest absolute Gasteiger partial charge is 0.487 e. The minimum absolute atomic E-state index is 0.0208. The van der Waals surface area contributed by atoms with Crippen LogP contribution in [0.15, 0.2) is 12.3 Å². The maximum Gasteiger partial charge on any atom is 0.170 e. The van der Waals surface area contributed by atoms with Crippen molar-refractivity contribution in [3.63, 3.8) is 0 Å². The number of hydrogen-bond donors (Lipinski definition) is 0. The molecule has 1 heterocycles. The van der Waals surface area contributed by atoms with E-state index in [9.17, 15) is 14.4 Å². The fourth-order valence-corrected chi connectivity index (χ4v) is 6.28. The molecule has 0 spiro atoms. The first-order chi connectivity index (χ1) is 11.5. The van der Waals surface area contributed by atoms with Crippen molar-refractivity contribution in [3.8, 4) is 0 Å². The number of rotatable bonds is 2. The molecule has 0 aromatic heterocycles. The molecule has 3 fully saturated rings. The second-order valence-corrected chi connectivity index (χ2v) is 9.13. The molecule has 3 rings (SSSR count). The lowest BCUT2D eigenvalue weighted by atomic mass is 9.42. The van der Waals surface area contributed by atoms with Crippen LogP contribution in [0, 0.1) is 34.5 Å². The average molecular weight is 346 g/mol. The second-order valence-electron chi connectivity index (χ2n) is 9.13. The number of fused-ring (bicyclic) bond motifs is 3. The minimum atomic E-state index is -0.531. The van der Waals surface area contributed by atoms with Gasteiger partial charge >= 0.3 is 0 Å². The highest BCUT2D eigenvalue weighted by Gasteiger charge is 2.65. The summed E-state index contributed by atoms with van der Waals surface area (Å²) < 4.78 is 5.81. The molecule has 138 valence electrons. The highest BCUT2D eigenvalue weighted by molar-refractivity contribution is 5.90. The normalized spacial score (nSPS) is 46.7. The summed E-state index contributed by atoms with van der Waals surface area (Å²) in [7, 11) is 0. The van der Waals surface area contributed by atoms with Crippen LogP contribution in [0.1, 0.15) is 60.3 Å². The lowest BCUT2D eigenvalue weighted by Crippen LogP contribution is -2.62. The van der Waals surface area contributed by atoms with Crippen molar-refractivity contribution in [2.45, 2.75) is 66.4 Å². The van der Waals surface area contributed by atoms with Gasteiger partial charge in [-0.25, -0.2) is 0 Å². The Bertz CT molecular complexity index is 650. The second kappa shape index (κ2) is 5.78. The predicted molar refractivity (Wildman–Crippen MR) is 94.7 cm³/mol. The van der Waals surface area contributed by atoms with Gasteiger partial charge in [-0.3, -0.25) is 14.4 Å². The van der Waals surface area contributed by atoms with E-state index >= 15 is 0 Å². The molecular formula is C21H30O4. The van der Waals surface area contributed by atoms with Crippen molar-refractivity contribution in [2.24, 2.45) is 34.5 Å². The molecule has 0 aromatic carbocycles. The third kappa shape index (κ3) is 2.51. The van der Waals surface area contributed by atoms with Crippen molar-refractivity contribution in [2.75, 3.05) is 0 Å². The van der Waals surface area contributed by atoms with Crippen molar-refractivity contribution in [1.29, 1.82) is 0 Å². The summed E-state index contributed by atoms with van der Waals surface area (Å²) in [6, 6.07) is 0. The van der Waals surface area contributed by atoms with Crippen LogP contribution >= 0.6 is 0 Å². The van der Waals surface area contributed by atoms with Crippen LogP contribution < -0.4 is 0 Å². The van der Waals surface area contributed by atoms with E-state index in [4.69, 9.17) is 4.74 Å². The molecule has 0 aromatic rings. The fraction of sp³-hybridized carbons (Fsp3) is 0.762. The Balaban J connectivity index is 2.11. The van der Waals surface area contributed by atoms with Gasteiger partial charge in [0.25, 0.3) is 0 Å². The number of carbonyl (C=O) groups excluding carboxylic acids is 3. The van der Waals surface area contributed by atoms with E-state index in [1.165, 1.54) is 6.92 Å². The molecule has 7 atom stereocenters. The number of Topliss-reactive ketones (excluding diaryl/α,β-unsaturated/α-hetero) is 3. The van der Waals surface area contributed by atoms with Gasteiger partial charge < -0.3 is 4.74 Å². The monoisotopic (exact) mass is 346 g/mol. The van der Waals surface area contributed by atoms with Crippen LogP contribution in [0.3, 0.4) is 0 Å². The van der Waals surface area contributed by atoms with Crippen molar-refractivity contribution >= 4 is 17.3 Å². The van der Waals surface area contributed by atoms with E-state index < -0.39 is 6.10 Å². The molecule has 3 aliphatic rings. The summed E-state index contributed by atoms with van der Waals surface area (Å²) >= 11 is 0. The average Bonchev–Trinajstić information content (AvgIpc) is 2.49. The molecule has 4 nitrogen and oxygen atoms in total. The van der Waals surface area contributed by atoms with Gasteiger partial charge in [-0.05, 0) is 50.4 Å². The third-order valence-corrected chi connectivity index (χ3v) is 7.49. The molecule has 0 N–H and O–H groups in total. The Morgan fingerprint density at radius 1 is 1.16 bits per heavy atom. The topological polar surface area (TPSA) is 60.4 Å². The molecule has 0 bridgehead atoms. The molecule has 0 radical (unpaired) electrons. The maximum atomic E-state index is 13.3. The summed E-state index contributed by atoms with van der Waals surface area (Å²) in [5.41, 5.74) is -0.711.